The number of methoxy groups -OCH3 is 1. The second-order valence-electron chi connectivity index (χ2n) is 5.80. The highest BCUT2D eigenvalue weighted by Crippen LogP contribution is 2.17. The van der Waals surface area contributed by atoms with Crippen LogP contribution in [0, 0.1) is 0 Å². The maximum absolute atomic E-state index is 5.41. The number of likely N-dealkylation sites (tertiary alicyclic amines) is 1. The first-order valence-electron chi connectivity index (χ1n) is 7.41. The van der Waals surface area contributed by atoms with Gasteiger partial charge >= 0.3 is 0 Å². The highest BCUT2D eigenvalue weighted by molar-refractivity contribution is 4.86. The molecule has 2 fully saturated rings. The van der Waals surface area contributed by atoms with E-state index in [1.54, 1.807) is 0 Å². The molecule has 2 saturated heterocycles. The minimum atomic E-state index is 0.422. The number of likely N-dealkylation sites (N-methyl/N-ethyl adjacent to an activating group) is 1. The SMILES string of the molecule is CCN1CCC(N(C)CC2CC(OC)CN2)CC1. The minimum Gasteiger partial charge on any atom is -0.380 e. The molecule has 0 spiro atoms. The molecule has 0 aromatic carbocycles. The zero-order valence-electron chi connectivity index (χ0n) is 12.2. The summed E-state index contributed by atoms with van der Waals surface area (Å²) in [4.78, 5) is 5.11. The quantitative estimate of drug-likeness (QED) is 0.786. The molecule has 2 rings (SSSR count). The molecule has 0 aromatic rings. The number of ether oxygens (including phenoxy) is 1. The van der Waals surface area contributed by atoms with Crippen molar-refractivity contribution in [1.82, 2.24) is 15.1 Å². The van der Waals surface area contributed by atoms with Crippen molar-refractivity contribution in [3.8, 4) is 0 Å². The number of hydrogen-bond donors (Lipinski definition) is 1. The third-order valence-electron chi connectivity index (χ3n) is 4.65. The zero-order valence-corrected chi connectivity index (χ0v) is 12.2. The Kier molecular flexibility index (Phi) is 5.42. The first-order chi connectivity index (χ1) is 8.72. The van der Waals surface area contributed by atoms with E-state index in [2.05, 4.69) is 29.1 Å². The molecule has 0 aliphatic carbocycles. The summed E-state index contributed by atoms with van der Waals surface area (Å²) in [7, 11) is 4.10. The Balaban J connectivity index is 1.70. The van der Waals surface area contributed by atoms with Crippen molar-refractivity contribution in [2.45, 2.75) is 44.4 Å². The van der Waals surface area contributed by atoms with Crippen LogP contribution in [0.4, 0.5) is 0 Å². The van der Waals surface area contributed by atoms with Crippen LogP contribution in [-0.2, 0) is 4.74 Å². The first kappa shape index (κ1) is 14.3. The summed E-state index contributed by atoms with van der Waals surface area (Å²) in [6.07, 6.45) is 4.23. The highest BCUT2D eigenvalue weighted by Gasteiger charge is 2.28. The molecule has 0 aromatic heterocycles. The molecule has 0 saturated carbocycles. The van der Waals surface area contributed by atoms with Crippen LogP contribution in [-0.4, -0.2) is 74.9 Å². The Hall–Kier alpha value is -0.160. The Morgan fingerprint density at radius 1 is 1.33 bits per heavy atom. The van der Waals surface area contributed by atoms with Crippen LogP contribution in [0.3, 0.4) is 0 Å². The summed E-state index contributed by atoms with van der Waals surface area (Å²) in [5, 5.41) is 3.57. The molecule has 106 valence electrons. The van der Waals surface area contributed by atoms with Gasteiger partial charge in [-0.1, -0.05) is 6.92 Å². The summed E-state index contributed by atoms with van der Waals surface area (Å²) >= 11 is 0. The lowest BCUT2D eigenvalue weighted by atomic mass is 10.0. The van der Waals surface area contributed by atoms with Crippen LogP contribution in [0.5, 0.6) is 0 Å². The second-order valence-corrected chi connectivity index (χ2v) is 5.80. The predicted molar refractivity (Wildman–Crippen MR) is 75.0 cm³/mol. The Bertz CT molecular complexity index is 241. The molecule has 4 nitrogen and oxygen atoms in total. The van der Waals surface area contributed by atoms with Crippen molar-refractivity contribution in [2.24, 2.45) is 0 Å². The molecule has 4 heteroatoms. The molecular formula is C14H29N3O. The van der Waals surface area contributed by atoms with E-state index in [-0.39, 0.29) is 0 Å². The normalized spacial score (nSPS) is 31.3. The van der Waals surface area contributed by atoms with Crippen molar-refractivity contribution >= 4 is 0 Å². The molecule has 0 bridgehead atoms. The average molecular weight is 255 g/mol. The molecule has 0 radical (unpaired) electrons. The van der Waals surface area contributed by atoms with Crippen LogP contribution >= 0.6 is 0 Å². The van der Waals surface area contributed by atoms with E-state index in [4.69, 9.17) is 4.74 Å². The molecule has 2 aliphatic rings. The van der Waals surface area contributed by atoms with E-state index in [0.717, 1.165) is 25.6 Å². The van der Waals surface area contributed by atoms with E-state index < -0.39 is 0 Å². The van der Waals surface area contributed by atoms with Gasteiger partial charge in [-0.05, 0) is 45.9 Å². The lowest BCUT2D eigenvalue weighted by Gasteiger charge is -2.37. The molecule has 0 amide bonds. The number of nitrogens with zero attached hydrogens (tertiary/aromatic N) is 2. The van der Waals surface area contributed by atoms with E-state index in [1.165, 1.54) is 32.5 Å². The van der Waals surface area contributed by atoms with E-state index in [0.29, 0.717) is 12.1 Å². The Morgan fingerprint density at radius 2 is 2.06 bits per heavy atom. The van der Waals surface area contributed by atoms with Gasteiger partial charge < -0.3 is 19.9 Å². The number of piperidine rings is 1. The summed E-state index contributed by atoms with van der Waals surface area (Å²) in [5.74, 6) is 0. The monoisotopic (exact) mass is 255 g/mol. The summed E-state index contributed by atoms with van der Waals surface area (Å²) < 4.78 is 5.41. The van der Waals surface area contributed by atoms with Crippen molar-refractivity contribution in [3.63, 3.8) is 0 Å². The van der Waals surface area contributed by atoms with E-state index in [9.17, 15) is 0 Å². The lowest BCUT2D eigenvalue weighted by molar-refractivity contribution is 0.108. The molecule has 2 atom stereocenters. The second kappa shape index (κ2) is 6.85. The minimum absolute atomic E-state index is 0.422. The van der Waals surface area contributed by atoms with Crippen LogP contribution in [0.2, 0.25) is 0 Å². The average Bonchev–Trinajstić information content (AvgIpc) is 2.86. The molecular weight excluding hydrogens is 226 g/mol. The lowest BCUT2D eigenvalue weighted by Crippen LogP contribution is -2.46. The van der Waals surface area contributed by atoms with Crippen LogP contribution in [0.25, 0.3) is 0 Å². The zero-order chi connectivity index (χ0) is 13.0. The van der Waals surface area contributed by atoms with Crippen LogP contribution in [0.15, 0.2) is 0 Å². The van der Waals surface area contributed by atoms with Gasteiger partial charge in [0.1, 0.15) is 0 Å². The van der Waals surface area contributed by atoms with Gasteiger partial charge in [0.05, 0.1) is 6.10 Å². The van der Waals surface area contributed by atoms with E-state index >= 15 is 0 Å². The van der Waals surface area contributed by atoms with Crippen molar-refractivity contribution in [1.29, 1.82) is 0 Å². The number of rotatable bonds is 5. The fraction of sp³-hybridized carbons (Fsp3) is 1.00. The molecule has 2 heterocycles. The van der Waals surface area contributed by atoms with Crippen molar-refractivity contribution < 1.29 is 4.74 Å². The maximum Gasteiger partial charge on any atom is 0.0711 e. The van der Waals surface area contributed by atoms with Crippen LogP contribution in [0.1, 0.15) is 26.2 Å². The largest absolute Gasteiger partial charge is 0.380 e. The van der Waals surface area contributed by atoms with Gasteiger partial charge in [-0.2, -0.15) is 0 Å². The topological polar surface area (TPSA) is 27.7 Å². The summed E-state index contributed by atoms with van der Waals surface area (Å²) in [5.41, 5.74) is 0. The molecule has 1 N–H and O–H groups in total. The van der Waals surface area contributed by atoms with Gasteiger partial charge in [-0.15, -0.1) is 0 Å². The molecule has 2 unspecified atom stereocenters. The molecule has 2 aliphatic heterocycles. The Labute approximate surface area is 112 Å². The smallest absolute Gasteiger partial charge is 0.0711 e. The van der Waals surface area contributed by atoms with Crippen molar-refractivity contribution in [3.05, 3.63) is 0 Å². The van der Waals surface area contributed by atoms with Gasteiger partial charge in [-0.25, -0.2) is 0 Å². The number of nitrogens with one attached hydrogen (secondary N) is 1. The highest BCUT2D eigenvalue weighted by atomic mass is 16.5. The summed E-state index contributed by atoms with van der Waals surface area (Å²) in [6, 6.07) is 1.39. The standard InChI is InChI=1S/C14H29N3O/c1-4-17-7-5-13(6-8-17)16(2)11-12-9-14(18-3)10-15-12/h12-15H,4-11H2,1-3H3. The van der Waals surface area contributed by atoms with Gasteiger partial charge in [0.25, 0.3) is 0 Å². The first-order valence-corrected chi connectivity index (χ1v) is 7.41. The number of hydrogen-bond acceptors (Lipinski definition) is 4. The van der Waals surface area contributed by atoms with E-state index in [1.807, 2.05) is 7.11 Å². The fourth-order valence-electron chi connectivity index (χ4n) is 3.27. The predicted octanol–water partition coefficient (Wildman–Crippen LogP) is 0.779. The maximum atomic E-state index is 5.41. The fourth-order valence-corrected chi connectivity index (χ4v) is 3.27. The van der Waals surface area contributed by atoms with Crippen molar-refractivity contribution in [2.75, 3.05) is 46.9 Å². The third-order valence-corrected chi connectivity index (χ3v) is 4.65. The van der Waals surface area contributed by atoms with Gasteiger partial charge in [0, 0.05) is 32.3 Å². The Morgan fingerprint density at radius 3 is 2.61 bits per heavy atom. The molecule has 18 heavy (non-hydrogen) atoms. The van der Waals surface area contributed by atoms with Gasteiger partial charge in [-0.3, -0.25) is 0 Å². The van der Waals surface area contributed by atoms with Gasteiger partial charge in [0.2, 0.25) is 0 Å². The van der Waals surface area contributed by atoms with Crippen LogP contribution < -0.4 is 5.32 Å². The third kappa shape index (κ3) is 3.67. The summed E-state index contributed by atoms with van der Waals surface area (Å²) in [6.45, 7) is 8.18. The van der Waals surface area contributed by atoms with Gasteiger partial charge in [0.15, 0.2) is 0 Å².